The highest BCUT2D eigenvalue weighted by Gasteiger charge is 2.11. The third-order valence-corrected chi connectivity index (χ3v) is 4.32. The van der Waals surface area contributed by atoms with Crippen molar-refractivity contribution in [1.82, 2.24) is 20.3 Å². The fourth-order valence-corrected chi connectivity index (χ4v) is 2.83. The van der Waals surface area contributed by atoms with E-state index < -0.39 is 6.10 Å². The Kier molecular flexibility index (Phi) is 5.61. The molecule has 3 aromatic heterocycles. The summed E-state index contributed by atoms with van der Waals surface area (Å²) in [5.74, 6) is 0.449. The van der Waals surface area contributed by atoms with E-state index in [0.29, 0.717) is 24.5 Å². The second kappa shape index (κ2) is 8.09. The Morgan fingerprint density at radius 2 is 1.93 bits per heavy atom. The Hall–Kier alpha value is -3.06. The molecule has 0 aliphatic rings. The Morgan fingerprint density at radius 1 is 1.11 bits per heavy atom. The Balaban J connectivity index is 1.90. The number of amides is 2. The molecule has 0 spiro atoms. The molecule has 3 aromatic rings. The molecule has 0 aliphatic carbocycles. The highest BCUT2D eigenvalue weighted by atomic mass is 16.3. The molecule has 3 heterocycles. The van der Waals surface area contributed by atoms with Crippen molar-refractivity contribution in [3.8, 4) is 11.1 Å². The van der Waals surface area contributed by atoms with E-state index in [-0.39, 0.29) is 6.03 Å². The number of fused-ring (bicyclic) bond motifs is 1. The van der Waals surface area contributed by atoms with E-state index in [1.165, 1.54) is 0 Å². The number of hydrogen-bond acceptors (Lipinski definition) is 5. The van der Waals surface area contributed by atoms with Crippen LogP contribution in [0.1, 0.15) is 37.6 Å². The first kappa shape index (κ1) is 18.7. The minimum atomic E-state index is -0.549. The van der Waals surface area contributed by atoms with Gasteiger partial charge in [0.1, 0.15) is 5.82 Å². The van der Waals surface area contributed by atoms with Gasteiger partial charge in [0.15, 0.2) is 0 Å². The third-order valence-electron chi connectivity index (χ3n) is 4.32. The highest BCUT2D eigenvalue weighted by Crippen LogP contribution is 2.27. The van der Waals surface area contributed by atoms with Crippen molar-refractivity contribution in [2.45, 2.75) is 33.3 Å². The number of aryl methyl sites for hydroxylation is 1. The summed E-state index contributed by atoms with van der Waals surface area (Å²) < 4.78 is 0. The number of hydrogen-bond donors (Lipinski definition) is 3. The molecule has 140 valence electrons. The number of aliphatic hydroxyl groups excluding tert-OH is 1. The SMILES string of the molecule is CCNC(=O)Nc1cc2ncc(-c3cnc(C(O)CC)cc3C)cc2cn1. The monoisotopic (exact) mass is 365 g/mol. The Bertz CT molecular complexity index is 974. The zero-order chi connectivity index (χ0) is 19.4. The molecule has 27 heavy (non-hydrogen) atoms. The zero-order valence-electron chi connectivity index (χ0n) is 15.7. The fraction of sp³-hybridized carbons (Fsp3) is 0.300. The van der Waals surface area contributed by atoms with Gasteiger partial charge in [-0.2, -0.15) is 0 Å². The van der Waals surface area contributed by atoms with Gasteiger partial charge in [-0.05, 0) is 38.0 Å². The van der Waals surface area contributed by atoms with Gasteiger partial charge in [0.2, 0.25) is 0 Å². The molecule has 3 rings (SSSR count). The summed E-state index contributed by atoms with van der Waals surface area (Å²) in [5.41, 5.74) is 4.33. The van der Waals surface area contributed by atoms with Gasteiger partial charge in [-0.3, -0.25) is 15.3 Å². The van der Waals surface area contributed by atoms with Crippen LogP contribution in [0, 0.1) is 6.92 Å². The molecule has 0 fully saturated rings. The van der Waals surface area contributed by atoms with Crippen LogP contribution in [0.25, 0.3) is 22.0 Å². The molecule has 0 aromatic carbocycles. The number of anilines is 1. The maximum absolute atomic E-state index is 11.6. The Labute approximate surface area is 157 Å². The van der Waals surface area contributed by atoms with Crippen molar-refractivity contribution >= 4 is 22.8 Å². The van der Waals surface area contributed by atoms with Crippen LogP contribution in [-0.2, 0) is 0 Å². The third kappa shape index (κ3) is 4.20. The summed E-state index contributed by atoms with van der Waals surface area (Å²) in [7, 11) is 0. The van der Waals surface area contributed by atoms with Crippen LogP contribution in [0.2, 0.25) is 0 Å². The van der Waals surface area contributed by atoms with Gasteiger partial charge < -0.3 is 10.4 Å². The largest absolute Gasteiger partial charge is 0.387 e. The number of urea groups is 1. The normalized spacial score (nSPS) is 12.0. The number of nitrogens with one attached hydrogen (secondary N) is 2. The number of pyridine rings is 3. The predicted molar refractivity (Wildman–Crippen MR) is 105 cm³/mol. The van der Waals surface area contributed by atoms with E-state index in [9.17, 15) is 9.90 Å². The number of aromatic nitrogens is 3. The molecule has 0 aliphatic heterocycles. The predicted octanol–water partition coefficient (Wildman–Crippen LogP) is 3.59. The summed E-state index contributed by atoms with van der Waals surface area (Å²) in [6.45, 7) is 6.31. The number of aliphatic hydroxyl groups is 1. The van der Waals surface area contributed by atoms with Crippen LogP contribution in [0.15, 0.2) is 36.8 Å². The van der Waals surface area contributed by atoms with Crippen LogP contribution in [-0.4, -0.2) is 32.6 Å². The lowest BCUT2D eigenvalue weighted by Crippen LogP contribution is -2.28. The van der Waals surface area contributed by atoms with Crippen LogP contribution in [0.3, 0.4) is 0 Å². The van der Waals surface area contributed by atoms with Gasteiger partial charge in [0.05, 0.1) is 17.3 Å². The van der Waals surface area contributed by atoms with E-state index in [0.717, 1.165) is 27.6 Å². The zero-order valence-corrected chi connectivity index (χ0v) is 15.7. The average molecular weight is 365 g/mol. The van der Waals surface area contributed by atoms with Crippen LogP contribution in [0.5, 0.6) is 0 Å². The summed E-state index contributed by atoms with van der Waals surface area (Å²) in [4.78, 5) is 24.8. The van der Waals surface area contributed by atoms with Crippen LogP contribution < -0.4 is 10.6 Å². The first-order valence-electron chi connectivity index (χ1n) is 8.97. The molecule has 3 N–H and O–H groups in total. The van der Waals surface area contributed by atoms with Gasteiger partial charge in [0.25, 0.3) is 0 Å². The van der Waals surface area contributed by atoms with Gasteiger partial charge in [-0.1, -0.05) is 6.92 Å². The number of carbonyl (C=O) groups excluding carboxylic acids is 1. The molecular formula is C20H23N5O2. The van der Waals surface area contributed by atoms with Gasteiger partial charge in [-0.25, -0.2) is 9.78 Å². The average Bonchev–Trinajstić information content (AvgIpc) is 2.67. The van der Waals surface area contributed by atoms with Crippen molar-refractivity contribution < 1.29 is 9.90 Å². The lowest BCUT2D eigenvalue weighted by molar-refractivity contribution is 0.169. The molecule has 0 bridgehead atoms. The molecule has 0 radical (unpaired) electrons. The van der Waals surface area contributed by atoms with Crippen molar-refractivity contribution in [1.29, 1.82) is 0 Å². The standard InChI is InChI=1S/C20H23N5O2/c1-4-18(26)17-6-12(3)15(11-23-17)13-7-14-10-24-19(8-16(14)22-9-13)25-20(27)21-5-2/h6-11,18,26H,4-5H2,1-3H3,(H2,21,24,25,27). The molecule has 7 nitrogen and oxygen atoms in total. The van der Waals surface area contributed by atoms with E-state index in [1.807, 2.05) is 32.9 Å². The number of nitrogens with zero attached hydrogens (tertiary/aromatic N) is 3. The molecule has 0 saturated carbocycles. The number of carbonyl (C=O) groups is 1. The van der Waals surface area contributed by atoms with Crippen molar-refractivity contribution in [3.63, 3.8) is 0 Å². The second-order valence-electron chi connectivity index (χ2n) is 6.32. The summed E-state index contributed by atoms with van der Waals surface area (Å²) in [6, 6.07) is 5.34. The maximum atomic E-state index is 11.6. The molecule has 0 saturated heterocycles. The minimum Gasteiger partial charge on any atom is -0.387 e. The summed E-state index contributed by atoms with van der Waals surface area (Å²) >= 11 is 0. The van der Waals surface area contributed by atoms with Crippen molar-refractivity contribution in [3.05, 3.63) is 48.0 Å². The molecular weight excluding hydrogens is 342 g/mol. The lowest BCUT2D eigenvalue weighted by atomic mass is 10.0. The van der Waals surface area contributed by atoms with E-state index in [2.05, 4.69) is 25.6 Å². The molecule has 1 unspecified atom stereocenters. The highest BCUT2D eigenvalue weighted by molar-refractivity contribution is 5.91. The van der Waals surface area contributed by atoms with E-state index in [1.54, 1.807) is 24.7 Å². The first-order valence-corrected chi connectivity index (χ1v) is 8.97. The van der Waals surface area contributed by atoms with E-state index >= 15 is 0 Å². The Morgan fingerprint density at radius 3 is 2.63 bits per heavy atom. The van der Waals surface area contributed by atoms with Gasteiger partial charge >= 0.3 is 6.03 Å². The van der Waals surface area contributed by atoms with Crippen molar-refractivity contribution in [2.24, 2.45) is 0 Å². The van der Waals surface area contributed by atoms with Gasteiger partial charge in [-0.15, -0.1) is 0 Å². The fourth-order valence-electron chi connectivity index (χ4n) is 2.83. The van der Waals surface area contributed by atoms with Gasteiger partial charge in [0, 0.05) is 47.7 Å². The topological polar surface area (TPSA) is 100 Å². The van der Waals surface area contributed by atoms with Crippen molar-refractivity contribution in [2.75, 3.05) is 11.9 Å². The minimum absolute atomic E-state index is 0.294. The summed E-state index contributed by atoms with van der Waals surface area (Å²) in [5, 5.41) is 16.2. The first-order chi connectivity index (χ1) is 13.0. The van der Waals surface area contributed by atoms with E-state index in [4.69, 9.17) is 0 Å². The molecule has 2 amide bonds. The lowest BCUT2D eigenvalue weighted by Gasteiger charge is -2.12. The molecule has 1 atom stereocenters. The maximum Gasteiger partial charge on any atom is 0.320 e. The smallest absolute Gasteiger partial charge is 0.320 e. The van der Waals surface area contributed by atoms with Crippen LogP contribution in [0.4, 0.5) is 10.6 Å². The van der Waals surface area contributed by atoms with Crippen LogP contribution >= 0.6 is 0 Å². The second-order valence-corrected chi connectivity index (χ2v) is 6.32. The number of rotatable bonds is 5. The quantitative estimate of drug-likeness (QED) is 0.642. The summed E-state index contributed by atoms with van der Waals surface area (Å²) in [6.07, 6.45) is 5.31. The molecule has 7 heteroatoms.